The van der Waals surface area contributed by atoms with Crippen LogP contribution in [0.1, 0.15) is 13.3 Å². The molecule has 0 unspecified atom stereocenters. The fourth-order valence-electron chi connectivity index (χ4n) is 0. The van der Waals surface area contributed by atoms with Crippen molar-refractivity contribution in [3.63, 3.8) is 0 Å². The van der Waals surface area contributed by atoms with Crippen molar-refractivity contribution in [2.24, 2.45) is 0 Å². The fourth-order valence-corrected chi connectivity index (χ4v) is 0. The van der Waals surface area contributed by atoms with Gasteiger partial charge < -0.3 is 11.1 Å². The van der Waals surface area contributed by atoms with Crippen LogP contribution in [0, 0.1) is 0 Å². The molecule has 8 heavy (non-hydrogen) atoms. The minimum Gasteiger partial charge on any atom is -0.677 e. The van der Waals surface area contributed by atoms with E-state index < -0.39 is 0 Å². The molecule has 0 aromatic carbocycles. The minimum atomic E-state index is 0. The van der Waals surface area contributed by atoms with Gasteiger partial charge in [0.15, 0.2) is 0 Å². The molecule has 0 radical (unpaired) electrons. The van der Waals surface area contributed by atoms with Gasteiger partial charge in [0.05, 0.1) is 0 Å². The molecule has 0 heterocycles. The standard InChI is InChI=1S/C3H8N.C2H7N.Li/c1-2-3-4;1-3-2;/h4H,2-3H2,1H3;3H,1-2H3;/q-1;;+1. The van der Waals surface area contributed by atoms with Crippen molar-refractivity contribution in [2.75, 3.05) is 20.6 Å². The van der Waals surface area contributed by atoms with Crippen molar-refractivity contribution in [1.29, 1.82) is 0 Å². The van der Waals surface area contributed by atoms with E-state index in [1.807, 2.05) is 21.0 Å². The second kappa shape index (κ2) is 25.8. The van der Waals surface area contributed by atoms with Gasteiger partial charge in [0.2, 0.25) is 0 Å². The Morgan fingerprint density at radius 3 is 1.50 bits per heavy atom. The van der Waals surface area contributed by atoms with Crippen LogP contribution in [0.2, 0.25) is 0 Å². The maximum absolute atomic E-state index is 6.45. The maximum Gasteiger partial charge on any atom is 1.00 e. The predicted molar refractivity (Wildman–Crippen MR) is 34.5 cm³/mol. The first-order valence-electron chi connectivity index (χ1n) is 2.56. The van der Waals surface area contributed by atoms with Gasteiger partial charge in [-0.05, 0) is 14.1 Å². The molecule has 0 saturated heterocycles. The molecule has 0 aliphatic heterocycles. The number of hydrogen-bond acceptors (Lipinski definition) is 1. The Morgan fingerprint density at radius 2 is 1.50 bits per heavy atom. The Labute approximate surface area is 64.4 Å². The molecule has 3 heteroatoms. The molecule has 0 aliphatic rings. The molecule has 0 amide bonds. The summed E-state index contributed by atoms with van der Waals surface area (Å²) in [5.41, 5.74) is 6.45. The molecule has 0 spiro atoms. The molecule has 0 fully saturated rings. The van der Waals surface area contributed by atoms with Crippen molar-refractivity contribution in [3.05, 3.63) is 5.73 Å². The Hall–Kier alpha value is 0.517. The zero-order valence-corrected chi connectivity index (χ0v) is 6.41. The third-order valence-corrected chi connectivity index (χ3v) is 0.250. The molecule has 0 aliphatic carbocycles. The van der Waals surface area contributed by atoms with Crippen LogP contribution < -0.4 is 24.2 Å². The zero-order valence-electron chi connectivity index (χ0n) is 6.41. The van der Waals surface area contributed by atoms with Gasteiger partial charge in [-0.1, -0.05) is 13.3 Å². The normalized spacial score (nSPS) is 6.00. The molecule has 0 rings (SSSR count). The van der Waals surface area contributed by atoms with E-state index in [2.05, 4.69) is 5.32 Å². The second-order valence-corrected chi connectivity index (χ2v) is 1.25. The Morgan fingerprint density at radius 1 is 1.38 bits per heavy atom. The molecule has 0 atom stereocenters. The van der Waals surface area contributed by atoms with Crippen LogP contribution in [0.5, 0.6) is 0 Å². The first-order chi connectivity index (χ1) is 3.33. The molecule has 0 saturated carbocycles. The summed E-state index contributed by atoms with van der Waals surface area (Å²) in [7, 11) is 3.75. The van der Waals surface area contributed by atoms with Gasteiger partial charge in [0, 0.05) is 0 Å². The first kappa shape index (κ1) is 15.8. The summed E-state index contributed by atoms with van der Waals surface area (Å²) in [6, 6.07) is 0. The average molecular weight is 110 g/mol. The summed E-state index contributed by atoms with van der Waals surface area (Å²) in [5.74, 6) is 0. The smallest absolute Gasteiger partial charge is 0.677 e. The average Bonchev–Trinajstić information content (AvgIpc) is 1.69. The topological polar surface area (TPSA) is 35.8 Å². The van der Waals surface area contributed by atoms with E-state index in [1.165, 1.54) is 0 Å². The number of rotatable bonds is 1. The molecular weight excluding hydrogens is 95.0 g/mol. The summed E-state index contributed by atoms with van der Waals surface area (Å²) in [5, 5.41) is 2.75. The van der Waals surface area contributed by atoms with Crippen molar-refractivity contribution in [3.8, 4) is 0 Å². The Kier molecular flexibility index (Phi) is 51.0. The molecule has 2 N–H and O–H groups in total. The molecule has 46 valence electrons. The van der Waals surface area contributed by atoms with Crippen LogP contribution in [-0.2, 0) is 0 Å². The summed E-state index contributed by atoms with van der Waals surface area (Å²) in [4.78, 5) is 0. The van der Waals surface area contributed by atoms with Crippen LogP contribution in [0.15, 0.2) is 0 Å². The zero-order chi connectivity index (χ0) is 6.12. The largest absolute Gasteiger partial charge is 1.00 e. The Bertz CT molecular complexity index is 17.9. The van der Waals surface area contributed by atoms with Crippen LogP contribution in [-0.4, -0.2) is 20.6 Å². The molecule has 0 bridgehead atoms. The summed E-state index contributed by atoms with van der Waals surface area (Å²) >= 11 is 0. The summed E-state index contributed by atoms with van der Waals surface area (Å²) < 4.78 is 0. The van der Waals surface area contributed by atoms with E-state index in [0.29, 0.717) is 6.54 Å². The molecule has 0 aromatic heterocycles. The quantitative estimate of drug-likeness (QED) is 0.401. The van der Waals surface area contributed by atoms with E-state index in [4.69, 9.17) is 5.73 Å². The van der Waals surface area contributed by atoms with E-state index in [1.54, 1.807) is 0 Å². The van der Waals surface area contributed by atoms with Crippen LogP contribution in [0.4, 0.5) is 0 Å². The van der Waals surface area contributed by atoms with Gasteiger partial charge in [0.1, 0.15) is 0 Å². The van der Waals surface area contributed by atoms with Crippen molar-refractivity contribution in [1.82, 2.24) is 5.32 Å². The van der Waals surface area contributed by atoms with Crippen molar-refractivity contribution < 1.29 is 18.9 Å². The SMILES string of the molecule is CCC[NH-].CNC.[Li+]. The third kappa shape index (κ3) is 86.2. The van der Waals surface area contributed by atoms with Gasteiger partial charge in [0.25, 0.3) is 0 Å². The van der Waals surface area contributed by atoms with Crippen LogP contribution in [0.3, 0.4) is 0 Å². The van der Waals surface area contributed by atoms with E-state index in [-0.39, 0.29) is 18.9 Å². The first-order valence-corrected chi connectivity index (χ1v) is 2.56. The van der Waals surface area contributed by atoms with E-state index in [9.17, 15) is 0 Å². The monoisotopic (exact) mass is 110 g/mol. The maximum atomic E-state index is 6.45. The second-order valence-electron chi connectivity index (χ2n) is 1.25. The van der Waals surface area contributed by atoms with E-state index in [0.717, 1.165) is 6.42 Å². The summed E-state index contributed by atoms with van der Waals surface area (Å²) in [6.45, 7) is 2.56. The molecule has 2 nitrogen and oxygen atoms in total. The van der Waals surface area contributed by atoms with Crippen LogP contribution >= 0.6 is 0 Å². The number of hydrogen-bond donors (Lipinski definition) is 1. The van der Waals surface area contributed by atoms with Gasteiger partial charge >= 0.3 is 18.9 Å². The molecular formula is C5H15LiN2. The minimum absolute atomic E-state index is 0. The third-order valence-electron chi connectivity index (χ3n) is 0.250. The van der Waals surface area contributed by atoms with E-state index >= 15 is 0 Å². The van der Waals surface area contributed by atoms with Gasteiger partial charge in [-0.3, -0.25) is 0 Å². The number of nitrogens with one attached hydrogen (secondary N) is 2. The molecule has 0 aromatic rings. The van der Waals surface area contributed by atoms with Crippen LogP contribution in [0.25, 0.3) is 5.73 Å². The van der Waals surface area contributed by atoms with Gasteiger partial charge in [-0.2, -0.15) is 6.54 Å². The van der Waals surface area contributed by atoms with Gasteiger partial charge in [-0.15, -0.1) is 0 Å². The summed E-state index contributed by atoms with van der Waals surface area (Å²) in [6.07, 6.45) is 0.986. The Balaban J connectivity index is -0.0000000575. The fraction of sp³-hybridized carbons (Fsp3) is 1.00. The predicted octanol–water partition coefficient (Wildman–Crippen LogP) is -1.71. The van der Waals surface area contributed by atoms with Crippen molar-refractivity contribution >= 4 is 0 Å². The van der Waals surface area contributed by atoms with Gasteiger partial charge in [-0.25, -0.2) is 0 Å². The van der Waals surface area contributed by atoms with Crippen molar-refractivity contribution in [2.45, 2.75) is 13.3 Å².